The fourth-order valence-electron chi connectivity index (χ4n) is 6.10. The predicted octanol–water partition coefficient (Wildman–Crippen LogP) is 3.34. The molecule has 3 heterocycles. The predicted molar refractivity (Wildman–Crippen MR) is 140 cm³/mol. The minimum absolute atomic E-state index is 0.0301. The van der Waals surface area contributed by atoms with E-state index in [1.54, 1.807) is 4.90 Å². The Kier molecular flexibility index (Phi) is 7.54. The number of anilines is 1. The van der Waals surface area contributed by atoms with Crippen molar-refractivity contribution < 1.29 is 23.8 Å². The molecule has 2 unspecified atom stereocenters. The van der Waals surface area contributed by atoms with Crippen molar-refractivity contribution in [3.8, 4) is 0 Å². The van der Waals surface area contributed by atoms with Crippen LogP contribution in [0, 0.1) is 17.6 Å². The number of nitrogens with zero attached hydrogens (tertiary/aromatic N) is 2. The summed E-state index contributed by atoms with van der Waals surface area (Å²) in [5.41, 5.74) is 1.97. The Labute approximate surface area is 220 Å². The van der Waals surface area contributed by atoms with Gasteiger partial charge in [0, 0.05) is 61.0 Å². The molecule has 0 aliphatic carbocycles. The number of aliphatic hydroxyl groups is 2. The van der Waals surface area contributed by atoms with Crippen LogP contribution in [0.25, 0.3) is 6.08 Å². The molecular formula is C28H32ClF2N3O3. The molecule has 0 saturated carbocycles. The second kappa shape index (κ2) is 10.7. The van der Waals surface area contributed by atoms with Crippen LogP contribution in [0.2, 0.25) is 5.02 Å². The highest BCUT2D eigenvalue weighted by Crippen LogP contribution is 2.47. The molecule has 9 heteroatoms. The lowest BCUT2D eigenvalue weighted by atomic mass is 9.72. The molecule has 5 rings (SSSR count). The number of hydrogen-bond donors (Lipinski definition) is 3. The van der Waals surface area contributed by atoms with Crippen molar-refractivity contribution in [1.29, 1.82) is 0 Å². The SMILES string of the molecule is O=C(C=Cc1cc(F)cc(F)c1)N1CCC(C(O)CN2CC3(CCNC[C@@H]3O)c3ccc(Cl)cc32)CC1. The topological polar surface area (TPSA) is 76.0 Å². The van der Waals surface area contributed by atoms with Gasteiger partial charge in [0.15, 0.2) is 0 Å². The van der Waals surface area contributed by atoms with Crippen molar-refractivity contribution in [2.45, 2.75) is 36.9 Å². The van der Waals surface area contributed by atoms with Gasteiger partial charge in [-0.05, 0) is 73.2 Å². The molecule has 3 atom stereocenters. The number of nitrogens with one attached hydrogen (secondary N) is 1. The van der Waals surface area contributed by atoms with Gasteiger partial charge < -0.3 is 25.3 Å². The molecule has 0 bridgehead atoms. The Morgan fingerprint density at radius 3 is 2.62 bits per heavy atom. The summed E-state index contributed by atoms with van der Waals surface area (Å²) < 4.78 is 26.8. The second-order valence-electron chi connectivity index (χ2n) is 10.4. The summed E-state index contributed by atoms with van der Waals surface area (Å²) in [6.45, 7) is 3.42. The highest BCUT2D eigenvalue weighted by atomic mass is 35.5. The largest absolute Gasteiger partial charge is 0.391 e. The summed E-state index contributed by atoms with van der Waals surface area (Å²) in [7, 11) is 0. The molecule has 3 aliphatic rings. The van der Waals surface area contributed by atoms with Gasteiger partial charge in [0.2, 0.25) is 5.91 Å². The monoisotopic (exact) mass is 531 g/mol. The van der Waals surface area contributed by atoms with E-state index in [4.69, 9.17) is 11.6 Å². The Hall–Kier alpha value is -2.52. The average molecular weight is 532 g/mol. The van der Waals surface area contributed by atoms with E-state index in [-0.39, 0.29) is 17.2 Å². The van der Waals surface area contributed by atoms with E-state index in [1.807, 2.05) is 18.2 Å². The molecule has 2 aromatic carbocycles. The maximum absolute atomic E-state index is 13.4. The molecule has 1 spiro atoms. The van der Waals surface area contributed by atoms with Crippen molar-refractivity contribution in [3.05, 3.63) is 70.3 Å². The van der Waals surface area contributed by atoms with E-state index in [0.29, 0.717) is 56.2 Å². The summed E-state index contributed by atoms with van der Waals surface area (Å²) in [6, 6.07) is 8.93. The number of fused-ring (bicyclic) bond motifs is 2. The van der Waals surface area contributed by atoms with Crippen LogP contribution in [0.1, 0.15) is 30.4 Å². The summed E-state index contributed by atoms with van der Waals surface area (Å²) in [4.78, 5) is 16.5. The van der Waals surface area contributed by atoms with Crippen molar-refractivity contribution in [3.63, 3.8) is 0 Å². The van der Waals surface area contributed by atoms with Crippen LogP contribution in [0.15, 0.2) is 42.5 Å². The molecule has 3 N–H and O–H groups in total. The first-order valence-electron chi connectivity index (χ1n) is 12.8. The first-order chi connectivity index (χ1) is 17.7. The zero-order valence-electron chi connectivity index (χ0n) is 20.5. The van der Waals surface area contributed by atoms with Crippen LogP contribution in [-0.2, 0) is 10.2 Å². The van der Waals surface area contributed by atoms with Crippen LogP contribution < -0.4 is 10.2 Å². The van der Waals surface area contributed by atoms with Crippen molar-refractivity contribution in [2.75, 3.05) is 44.2 Å². The maximum Gasteiger partial charge on any atom is 0.246 e. The lowest BCUT2D eigenvalue weighted by molar-refractivity contribution is -0.127. The molecule has 1 amide bonds. The Morgan fingerprint density at radius 1 is 1.19 bits per heavy atom. The highest BCUT2D eigenvalue weighted by molar-refractivity contribution is 6.30. The van der Waals surface area contributed by atoms with E-state index in [0.717, 1.165) is 30.3 Å². The standard InChI is InChI=1S/C28H32ClF2N3O3/c29-20-2-3-23-24(13-20)34(17-28(23)7-8-32-15-26(28)36)16-25(35)19-5-9-33(10-6-19)27(37)4-1-18-11-21(30)14-22(31)12-18/h1-4,11-14,19,25-26,32,35-36H,5-10,15-17H2/t25?,26-,28?/m0/s1. The third kappa shape index (κ3) is 5.39. The molecule has 0 aromatic heterocycles. The third-order valence-corrected chi connectivity index (χ3v) is 8.37. The molecule has 2 fully saturated rings. The summed E-state index contributed by atoms with van der Waals surface area (Å²) in [5, 5.41) is 26.0. The van der Waals surface area contributed by atoms with E-state index >= 15 is 0 Å². The van der Waals surface area contributed by atoms with Crippen LogP contribution in [0.3, 0.4) is 0 Å². The number of hydrogen-bond acceptors (Lipinski definition) is 5. The van der Waals surface area contributed by atoms with Gasteiger partial charge in [-0.2, -0.15) is 0 Å². The first kappa shape index (κ1) is 26.1. The number of likely N-dealkylation sites (tertiary alicyclic amines) is 1. The fourth-order valence-corrected chi connectivity index (χ4v) is 6.26. The van der Waals surface area contributed by atoms with Crippen LogP contribution in [0.4, 0.5) is 14.5 Å². The van der Waals surface area contributed by atoms with E-state index in [1.165, 1.54) is 24.3 Å². The number of benzene rings is 2. The second-order valence-corrected chi connectivity index (χ2v) is 10.9. The summed E-state index contributed by atoms with van der Waals surface area (Å²) in [5.74, 6) is -1.57. The lowest BCUT2D eigenvalue weighted by Gasteiger charge is -2.40. The molecule has 3 aliphatic heterocycles. The van der Waals surface area contributed by atoms with Gasteiger partial charge in [-0.15, -0.1) is 0 Å². The quantitative estimate of drug-likeness (QED) is 0.516. The number of halogens is 3. The fraction of sp³-hybridized carbons (Fsp3) is 0.464. The van der Waals surface area contributed by atoms with Gasteiger partial charge >= 0.3 is 0 Å². The highest BCUT2D eigenvalue weighted by Gasteiger charge is 2.49. The molecule has 2 aromatic rings. The third-order valence-electron chi connectivity index (χ3n) is 8.14. The molecule has 37 heavy (non-hydrogen) atoms. The van der Waals surface area contributed by atoms with Gasteiger partial charge in [0.25, 0.3) is 0 Å². The van der Waals surface area contributed by atoms with Gasteiger partial charge in [0.05, 0.1) is 12.2 Å². The Morgan fingerprint density at radius 2 is 1.92 bits per heavy atom. The van der Waals surface area contributed by atoms with Gasteiger partial charge in [-0.1, -0.05) is 17.7 Å². The van der Waals surface area contributed by atoms with E-state index < -0.39 is 23.8 Å². The number of carbonyl (C=O) groups is 1. The zero-order chi connectivity index (χ0) is 26.2. The molecule has 2 saturated heterocycles. The van der Waals surface area contributed by atoms with E-state index in [9.17, 15) is 23.8 Å². The minimum Gasteiger partial charge on any atom is -0.391 e. The lowest BCUT2D eigenvalue weighted by Crippen LogP contribution is -2.54. The van der Waals surface area contributed by atoms with Gasteiger partial charge in [-0.25, -0.2) is 8.78 Å². The molecular weight excluding hydrogens is 500 g/mol. The first-order valence-corrected chi connectivity index (χ1v) is 13.2. The average Bonchev–Trinajstić information content (AvgIpc) is 3.16. The van der Waals surface area contributed by atoms with E-state index in [2.05, 4.69) is 10.2 Å². The normalized spacial score (nSPS) is 25.2. The molecule has 6 nitrogen and oxygen atoms in total. The van der Waals surface area contributed by atoms with Crippen molar-refractivity contribution >= 4 is 29.3 Å². The summed E-state index contributed by atoms with van der Waals surface area (Å²) in [6.07, 6.45) is 3.76. The Bertz CT molecular complexity index is 1170. The van der Waals surface area contributed by atoms with Crippen LogP contribution >= 0.6 is 11.6 Å². The maximum atomic E-state index is 13.4. The smallest absolute Gasteiger partial charge is 0.246 e. The van der Waals surface area contributed by atoms with Crippen molar-refractivity contribution in [1.82, 2.24) is 10.2 Å². The van der Waals surface area contributed by atoms with Gasteiger partial charge in [0.1, 0.15) is 11.6 Å². The van der Waals surface area contributed by atoms with Crippen LogP contribution in [0.5, 0.6) is 0 Å². The number of rotatable bonds is 5. The minimum atomic E-state index is -0.689. The summed E-state index contributed by atoms with van der Waals surface area (Å²) >= 11 is 6.32. The number of aliphatic hydroxyl groups excluding tert-OH is 2. The number of β-amino-alcohol motifs (C(OH)–C–C–N with tert-alkyl or cyclic N) is 2. The van der Waals surface area contributed by atoms with Crippen LogP contribution in [-0.4, -0.2) is 72.5 Å². The van der Waals surface area contributed by atoms with Gasteiger partial charge in [-0.3, -0.25) is 4.79 Å². The molecule has 0 radical (unpaired) electrons. The molecule has 198 valence electrons. The number of carbonyl (C=O) groups excluding carboxylic acids is 1. The Balaban J connectivity index is 1.20. The number of amides is 1. The van der Waals surface area contributed by atoms with Crippen molar-refractivity contribution in [2.24, 2.45) is 5.92 Å². The number of piperidine rings is 2. The zero-order valence-corrected chi connectivity index (χ0v) is 21.3.